The maximum atomic E-state index is 12.2. The van der Waals surface area contributed by atoms with Gasteiger partial charge in [-0.1, -0.05) is 54.9 Å². The van der Waals surface area contributed by atoms with Gasteiger partial charge in [-0.15, -0.1) is 0 Å². The average molecular weight is 375 g/mol. The van der Waals surface area contributed by atoms with Crippen molar-refractivity contribution in [2.75, 3.05) is 6.61 Å². The maximum absolute atomic E-state index is 12.2. The van der Waals surface area contributed by atoms with Gasteiger partial charge < -0.3 is 0 Å². The number of rotatable bonds is 9. The van der Waals surface area contributed by atoms with Crippen LogP contribution in [0.4, 0.5) is 13.2 Å². The third kappa shape index (κ3) is 7.72. The van der Waals surface area contributed by atoms with Crippen LogP contribution in [0.3, 0.4) is 0 Å². The van der Waals surface area contributed by atoms with E-state index in [0.717, 1.165) is 19.3 Å². The summed E-state index contributed by atoms with van der Waals surface area (Å²) < 4.78 is 62.6. The summed E-state index contributed by atoms with van der Waals surface area (Å²) in [6, 6.07) is 0. The monoisotopic (exact) mass is 374 g/mol. The Bertz CT molecular complexity index is 480. The Hall–Kier alpha value is -0.300. The molecule has 0 rings (SSSR count). The fourth-order valence-corrected chi connectivity index (χ4v) is 3.63. The summed E-state index contributed by atoms with van der Waals surface area (Å²) in [6.07, 6.45) is 3.14. The predicted octanol–water partition coefficient (Wildman–Crippen LogP) is 5.76. The second-order valence-corrected chi connectivity index (χ2v) is 10.1. The summed E-state index contributed by atoms with van der Waals surface area (Å²) in [6.45, 7) is 14.6. The van der Waals surface area contributed by atoms with Crippen molar-refractivity contribution in [1.82, 2.24) is 0 Å². The van der Waals surface area contributed by atoms with Crippen molar-refractivity contribution in [2.24, 2.45) is 22.7 Å². The highest BCUT2D eigenvalue weighted by atomic mass is 32.2. The summed E-state index contributed by atoms with van der Waals surface area (Å²) >= 11 is 0. The first-order chi connectivity index (χ1) is 10.5. The lowest BCUT2D eigenvalue weighted by Gasteiger charge is -2.40. The Morgan fingerprint density at radius 1 is 1.00 bits per heavy atom. The third-order valence-corrected chi connectivity index (χ3v) is 5.91. The van der Waals surface area contributed by atoms with E-state index in [4.69, 9.17) is 0 Å². The molecule has 0 N–H and O–H groups in total. The highest BCUT2D eigenvalue weighted by Gasteiger charge is 2.47. The van der Waals surface area contributed by atoms with Gasteiger partial charge in [-0.25, -0.2) is 0 Å². The van der Waals surface area contributed by atoms with Crippen LogP contribution in [0.5, 0.6) is 0 Å². The minimum absolute atomic E-state index is 0.0651. The van der Waals surface area contributed by atoms with Crippen LogP contribution in [-0.4, -0.2) is 20.5 Å². The highest BCUT2D eigenvalue weighted by molar-refractivity contribution is 7.87. The lowest BCUT2D eigenvalue weighted by Crippen LogP contribution is -2.31. The second-order valence-electron chi connectivity index (χ2n) is 8.49. The van der Waals surface area contributed by atoms with Gasteiger partial charge >= 0.3 is 15.6 Å². The molecule has 146 valence electrons. The molecule has 0 bridgehead atoms. The molecule has 3 atom stereocenters. The van der Waals surface area contributed by atoms with Crippen LogP contribution in [0.25, 0.3) is 0 Å². The van der Waals surface area contributed by atoms with Crippen LogP contribution < -0.4 is 0 Å². The van der Waals surface area contributed by atoms with Crippen molar-refractivity contribution in [2.45, 2.75) is 79.7 Å². The second kappa shape index (κ2) is 8.39. The molecule has 24 heavy (non-hydrogen) atoms. The highest BCUT2D eigenvalue weighted by Crippen LogP contribution is 2.43. The zero-order valence-corrected chi connectivity index (χ0v) is 16.8. The summed E-state index contributed by atoms with van der Waals surface area (Å²) in [5.74, 6) is 0.547. The number of hydrogen-bond donors (Lipinski definition) is 0. The molecule has 0 fully saturated rings. The smallest absolute Gasteiger partial charge is 0.263 e. The molecule has 0 aliphatic heterocycles. The largest absolute Gasteiger partial charge is 0.523 e. The van der Waals surface area contributed by atoms with E-state index in [2.05, 4.69) is 45.7 Å². The minimum Gasteiger partial charge on any atom is -0.263 e. The van der Waals surface area contributed by atoms with Gasteiger partial charge in [0.1, 0.15) is 0 Å². The molecule has 3 nitrogen and oxygen atoms in total. The molecule has 0 saturated carbocycles. The van der Waals surface area contributed by atoms with E-state index in [1.807, 2.05) is 6.92 Å². The quantitative estimate of drug-likeness (QED) is 0.381. The topological polar surface area (TPSA) is 43.4 Å². The molecule has 0 aromatic heterocycles. The standard InChI is InChI=1S/C17H33F3O3S/c1-8-16(7,14(3)12-15(4,5)6)11-13(2)9-10-23-24(21,22)17(18,19)20/h13-14H,8-12H2,1-7H3. The lowest BCUT2D eigenvalue weighted by molar-refractivity contribution is -0.0545. The first kappa shape index (κ1) is 23.7. The van der Waals surface area contributed by atoms with Crippen molar-refractivity contribution in [3.63, 3.8) is 0 Å². The molecule has 3 unspecified atom stereocenters. The minimum atomic E-state index is -5.48. The van der Waals surface area contributed by atoms with Gasteiger partial charge in [-0.3, -0.25) is 4.18 Å². The van der Waals surface area contributed by atoms with Gasteiger partial charge in [-0.05, 0) is 41.9 Å². The SMILES string of the molecule is CCC(C)(CC(C)CCOS(=O)(=O)C(F)(F)F)C(C)CC(C)(C)C. The van der Waals surface area contributed by atoms with Crippen molar-refractivity contribution in [1.29, 1.82) is 0 Å². The zero-order chi connectivity index (χ0) is 19.4. The van der Waals surface area contributed by atoms with E-state index >= 15 is 0 Å². The Kier molecular flexibility index (Phi) is 8.28. The molecule has 7 heteroatoms. The number of halogens is 3. The van der Waals surface area contributed by atoms with Gasteiger partial charge in [0.15, 0.2) is 0 Å². The van der Waals surface area contributed by atoms with Crippen LogP contribution >= 0.6 is 0 Å². The van der Waals surface area contributed by atoms with Crippen molar-refractivity contribution >= 4 is 10.1 Å². The summed E-state index contributed by atoms with van der Waals surface area (Å²) in [7, 11) is -5.48. The maximum Gasteiger partial charge on any atom is 0.523 e. The zero-order valence-electron chi connectivity index (χ0n) is 16.0. The Morgan fingerprint density at radius 3 is 1.88 bits per heavy atom. The number of alkyl halides is 3. The molecule has 0 aromatic carbocycles. The van der Waals surface area contributed by atoms with Crippen LogP contribution in [0.1, 0.15) is 74.1 Å². The summed E-state index contributed by atoms with van der Waals surface area (Å²) in [4.78, 5) is 0. The van der Waals surface area contributed by atoms with Gasteiger partial charge in [0.25, 0.3) is 0 Å². The third-order valence-electron chi connectivity index (χ3n) is 4.86. The van der Waals surface area contributed by atoms with Crippen LogP contribution in [-0.2, 0) is 14.3 Å². The van der Waals surface area contributed by atoms with Gasteiger partial charge in [-0.2, -0.15) is 21.6 Å². The first-order valence-electron chi connectivity index (χ1n) is 8.50. The van der Waals surface area contributed by atoms with E-state index in [-0.39, 0.29) is 23.2 Å². The molecular weight excluding hydrogens is 341 g/mol. The van der Waals surface area contributed by atoms with E-state index in [9.17, 15) is 21.6 Å². The Balaban J connectivity index is 4.64. The van der Waals surface area contributed by atoms with Crippen molar-refractivity contribution in [3.8, 4) is 0 Å². The van der Waals surface area contributed by atoms with E-state index in [1.54, 1.807) is 0 Å². The summed E-state index contributed by atoms with van der Waals surface area (Å²) in [5.41, 5.74) is -5.08. The molecule has 0 aliphatic carbocycles. The van der Waals surface area contributed by atoms with E-state index in [1.165, 1.54) is 0 Å². The fourth-order valence-electron chi connectivity index (χ4n) is 3.18. The lowest BCUT2D eigenvalue weighted by atomic mass is 9.65. The Morgan fingerprint density at radius 2 is 1.50 bits per heavy atom. The molecule has 0 spiro atoms. The van der Waals surface area contributed by atoms with Crippen LogP contribution in [0, 0.1) is 22.7 Å². The average Bonchev–Trinajstić information content (AvgIpc) is 2.34. The van der Waals surface area contributed by atoms with Crippen molar-refractivity contribution in [3.05, 3.63) is 0 Å². The Labute approximate surface area is 145 Å². The van der Waals surface area contributed by atoms with Gasteiger partial charge in [0.05, 0.1) is 6.61 Å². The normalized spacial score (nSPS) is 18.9. The summed E-state index contributed by atoms with van der Waals surface area (Å²) in [5, 5.41) is 0. The molecule has 0 aliphatic rings. The molecular formula is C17H33F3O3S. The molecule has 0 radical (unpaired) electrons. The van der Waals surface area contributed by atoms with E-state index < -0.39 is 22.2 Å². The van der Waals surface area contributed by atoms with Crippen LogP contribution in [0.2, 0.25) is 0 Å². The van der Waals surface area contributed by atoms with Crippen LogP contribution in [0.15, 0.2) is 0 Å². The predicted molar refractivity (Wildman–Crippen MR) is 91.0 cm³/mol. The molecule has 0 amide bonds. The van der Waals surface area contributed by atoms with Gasteiger partial charge in [0.2, 0.25) is 0 Å². The van der Waals surface area contributed by atoms with Crippen molar-refractivity contribution < 1.29 is 25.8 Å². The molecule has 0 aromatic rings. The van der Waals surface area contributed by atoms with Gasteiger partial charge in [0, 0.05) is 0 Å². The number of hydrogen-bond acceptors (Lipinski definition) is 3. The first-order valence-corrected chi connectivity index (χ1v) is 9.90. The molecule has 0 heterocycles. The fraction of sp³-hybridized carbons (Fsp3) is 1.00. The van der Waals surface area contributed by atoms with E-state index in [0.29, 0.717) is 5.92 Å². The molecule has 0 saturated heterocycles.